The molecule has 0 aliphatic heterocycles. The van der Waals surface area contributed by atoms with E-state index in [2.05, 4.69) is 77.0 Å². The van der Waals surface area contributed by atoms with E-state index in [1.165, 1.54) is 44.2 Å². The highest BCUT2D eigenvalue weighted by Crippen LogP contribution is 2.34. The predicted molar refractivity (Wildman–Crippen MR) is 134 cm³/mol. The van der Waals surface area contributed by atoms with Crippen LogP contribution in [0.5, 0.6) is 0 Å². The second-order valence-corrected chi connectivity index (χ2v) is 13.3. The Bertz CT molecular complexity index is 342. The van der Waals surface area contributed by atoms with Crippen molar-refractivity contribution in [2.45, 2.75) is 86.9 Å². The monoisotopic (exact) mass is 429 g/mol. The molecule has 0 fully saturated rings. The Kier molecular flexibility index (Phi) is 15.8. The molecule has 0 radical (unpaired) electrons. The fourth-order valence-electron chi connectivity index (χ4n) is 4.83. The molecule has 0 bridgehead atoms. The van der Waals surface area contributed by atoms with Gasteiger partial charge in [0.1, 0.15) is 0 Å². The lowest BCUT2D eigenvalue weighted by Crippen LogP contribution is -2.53. The van der Waals surface area contributed by atoms with Gasteiger partial charge in [0.05, 0.1) is 0 Å². The SMILES string of the molecule is CCO[Si](CC)(CC)CCC(CN(CC)CC)(CN(CC)CC)CN(CC)CC. The zero-order valence-electron chi connectivity index (χ0n) is 21.6. The molecule has 0 saturated heterocycles. The first-order valence-corrected chi connectivity index (χ1v) is 15.2. The Morgan fingerprint density at radius 1 is 0.586 bits per heavy atom. The van der Waals surface area contributed by atoms with E-state index < -0.39 is 8.32 Å². The molecule has 0 unspecified atom stereocenters. The summed E-state index contributed by atoms with van der Waals surface area (Å²) in [6, 6.07) is 3.79. The van der Waals surface area contributed by atoms with Crippen LogP contribution in [0.2, 0.25) is 18.1 Å². The van der Waals surface area contributed by atoms with Gasteiger partial charge in [0.25, 0.3) is 0 Å². The molecule has 0 N–H and O–H groups in total. The number of hydrogen-bond acceptors (Lipinski definition) is 4. The lowest BCUT2D eigenvalue weighted by atomic mass is 9.82. The van der Waals surface area contributed by atoms with Crippen LogP contribution in [0, 0.1) is 5.41 Å². The maximum Gasteiger partial charge on any atom is 0.192 e. The van der Waals surface area contributed by atoms with Gasteiger partial charge in [0, 0.05) is 31.7 Å². The average Bonchev–Trinajstić information content (AvgIpc) is 2.76. The Morgan fingerprint density at radius 2 is 0.931 bits per heavy atom. The maximum absolute atomic E-state index is 6.49. The standard InChI is InChI=1S/C24H55N3OSi/c1-10-25(11-2)21-24(22-26(12-3)13-4,23-27(14-5)15-6)19-20-29(17-8,18-9)28-16-7/h10-23H2,1-9H3. The third-order valence-electron chi connectivity index (χ3n) is 7.21. The second-order valence-electron chi connectivity index (χ2n) is 8.71. The lowest BCUT2D eigenvalue weighted by molar-refractivity contribution is 0.0578. The Morgan fingerprint density at radius 3 is 1.17 bits per heavy atom. The minimum atomic E-state index is -1.62. The molecule has 0 atom stereocenters. The molecule has 0 rings (SSSR count). The summed E-state index contributed by atoms with van der Waals surface area (Å²) in [5, 5.41) is 0. The van der Waals surface area contributed by atoms with E-state index in [9.17, 15) is 0 Å². The summed E-state index contributed by atoms with van der Waals surface area (Å²) in [5.41, 5.74) is 0.309. The van der Waals surface area contributed by atoms with Gasteiger partial charge in [-0.2, -0.15) is 0 Å². The molecule has 4 nitrogen and oxygen atoms in total. The van der Waals surface area contributed by atoms with Crippen LogP contribution < -0.4 is 0 Å². The van der Waals surface area contributed by atoms with Crippen molar-refractivity contribution in [1.82, 2.24) is 14.7 Å². The van der Waals surface area contributed by atoms with E-state index in [0.29, 0.717) is 5.41 Å². The Hall–Kier alpha value is 0.0569. The number of rotatable bonds is 19. The van der Waals surface area contributed by atoms with Crippen molar-refractivity contribution in [2.24, 2.45) is 5.41 Å². The van der Waals surface area contributed by atoms with E-state index in [1.54, 1.807) is 0 Å². The van der Waals surface area contributed by atoms with Crippen molar-refractivity contribution in [3.05, 3.63) is 0 Å². The average molecular weight is 430 g/mol. The zero-order valence-corrected chi connectivity index (χ0v) is 22.6. The summed E-state index contributed by atoms with van der Waals surface area (Å²) < 4.78 is 6.49. The quantitative estimate of drug-likeness (QED) is 0.255. The second kappa shape index (κ2) is 15.8. The fraction of sp³-hybridized carbons (Fsp3) is 1.00. The molecule has 0 spiro atoms. The van der Waals surface area contributed by atoms with Gasteiger partial charge in [-0.3, -0.25) is 0 Å². The van der Waals surface area contributed by atoms with Crippen LogP contribution in [-0.2, 0) is 4.43 Å². The van der Waals surface area contributed by atoms with Crippen LogP contribution in [0.1, 0.15) is 68.7 Å². The third kappa shape index (κ3) is 9.81. The summed E-state index contributed by atoms with van der Waals surface area (Å²) in [6.07, 6.45) is 1.30. The summed E-state index contributed by atoms with van der Waals surface area (Å²) in [7, 11) is -1.62. The summed E-state index contributed by atoms with van der Waals surface area (Å²) in [6.45, 7) is 32.2. The molecule has 0 saturated carbocycles. The van der Waals surface area contributed by atoms with E-state index >= 15 is 0 Å². The minimum absolute atomic E-state index is 0.309. The molecular formula is C24H55N3OSi. The van der Waals surface area contributed by atoms with Gasteiger partial charge in [0.15, 0.2) is 8.32 Å². The molecule has 0 amide bonds. The normalized spacial score (nSPS) is 13.2. The first-order chi connectivity index (χ1) is 13.9. The predicted octanol–water partition coefficient (Wildman–Crippen LogP) is 5.41. The van der Waals surface area contributed by atoms with Crippen molar-refractivity contribution >= 4 is 8.32 Å². The maximum atomic E-state index is 6.49. The number of hydrogen-bond donors (Lipinski definition) is 0. The van der Waals surface area contributed by atoms with Crippen molar-refractivity contribution < 1.29 is 4.43 Å². The van der Waals surface area contributed by atoms with Crippen LogP contribution in [0.25, 0.3) is 0 Å². The van der Waals surface area contributed by atoms with Gasteiger partial charge < -0.3 is 19.1 Å². The van der Waals surface area contributed by atoms with Gasteiger partial charge in [-0.1, -0.05) is 55.4 Å². The van der Waals surface area contributed by atoms with E-state index in [-0.39, 0.29) is 0 Å². The van der Waals surface area contributed by atoms with E-state index in [1.807, 2.05) is 0 Å². The number of nitrogens with zero attached hydrogens (tertiary/aromatic N) is 3. The molecule has 176 valence electrons. The zero-order chi connectivity index (χ0) is 22.3. The van der Waals surface area contributed by atoms with E-state index in [4.69, 9.17) is 4.43 Å². The van der Waals surface area contributed by atoms with Crippen LogP contribution >= 0.6 is 0 Å². The van der Waals surface area contributed by atoms with Crippen LogP contribution in [-0.4, -0.2) is 88.5 Å². The highest BCUT2D eigenvalue weighted by Gasteiger charge is 2.39. The van der Waals surface area contributed by atoms with Gasteiger partial charge >= 0.3 is 0 Å². The summed E-state index contributed by atoms with van der Waals surface area (Å²) >= 11 is 0. The Balaban J connectivity index is 5.93. The van der Waals surface area contributed by atoms with Crippen LogP contribution in [0.4, 0.5) is 0 Å². The van der Waals surface area contributed by atoms with E-state index in [0.717, 1.165) is 45.9 Å². The van der Waals surface area contributed by atoms with Crippen molar-refractivity contribution in [1.29, 1.82) is 0 Å². The highest BCUT2D eigenvalue weighted by atomic mass is 28.4. The van der Waals surface area contributed by atoms with Gasteiger partial charge in [-0.15, -0.1) is 0 Å². The van der Waals surface area contributed by atoms with Gasteiger partial charge in [-0.25, -0.2) is 0 Å². The molecule has 0 aromatic carbocycles. The first kappa shape index (κ1) is 29.1. The smallest absolute Gasteiger partial charge is 0.192 e. The molecular weight excluding hydrogens is 374 g/mol. The largest absolute Gasteiger partial charge is 0.417 e. The molecule has 0 aromatic heterocycles. The van der Waals surface area contributed by atoms with Gasteiger partial charge in [-0.05, 0) is 70.7 Å². The lowest BCUT2D eigenvalue weighted by Gasteiger charge is -2.45. The van der Waals surface area contributed by atoms with Crippen LogP contribution in [0.15, 0.2) is 0 Å². The molecule has 0 aromatic rings. The first-order valence-electron chi connectivity index (χ1n) is 12.7. The molecule has 29 heavy (non-hydrogen) atoms. The Labute approximate surface area is 185 Å². The molecule has 5 heteroatoms. The highest BCUT2D eigenvalue weighted by molar-refractivity contribution is 6.73. The topological polar surface area (TPSA) is 19.0 Å². The molecule has 0 aliphatic carbocycles. The van der Waals surface area contributed by atoms with Crippen molar-refractivity contribution in [2.75, 3.05) is 65.5 Å². The summed E-state index contributed by atoms with van der Waals surface area (Å²) in [5.74, 6) is 0. The molecule has 0 heterocycles. The minimum Gasteiger partial charge on any atom is -0.417 e. The summed E-state index contributed by atoms with van der Waals surface area (Å²) in [4.78, 5) is 7.98. The van der Waals surface area contributed by atoms with Crippen molar-refractivity contribution in [3.8, 4) is 0 Å². The molecule has 0 aliphatic rings. The fourth-order valence-corrected chi connectivity index (χ4v) is 8.19. The van der Waals surface area contributed by atoms with Gasteiger partial charge in [0.2, 0.25) is 0 Å². The third-order valence-corrected chi connectivity index (χ3v) is 11.9. The van der Waals surface area contributed by atoms with Crippen LogP contribution in [0.3, 0.4) is 0 Å². The van der Waals surface area contributed by atoms with Crippen molar-refractivity contribution in [3.63, 3.8) is 0 Å².